The molecule has 0 bridgehead atoms. The first-order valence-corrected chi connectivity index (χ1v) is 7.42. The lowest BCUT2D eigenvalue weighted by atomic mass is 10.1. The van der Waals surface area contributed by atoms with Gasteiger partial charge in [-0.05, 0) is 47.4 Å². The van der Waals surface area contributed by atoms with Crippen molar-refractivity contribution in [3.63, 3.8) is 0 Å². The molecule has 2 heterocycles. The smallest absolute Gasteiger partial charge is 0.244 e. The number of fused-ring (bicyclic) bond motifs is 1. The Labute approximate surface area is 129 Å². The summed E-state index contributed by atoms with van der Waals surface area (Å²) in [6.07, 6.45) is 8.68. The molecule has 4 heteroatoms. The molecule has 0 radical (unpaired) electrons. The Bertz CT molecular complexity index is 681. The number of amides is 1. The van der Waals surface area contributed by atoms with Crippen LogP contribution in [0, 0.1) is 0 Å². The van der Waals surface area contributed by atoms with Crippen molar-refractivity contribution in [1.82, 2.24) is 10.3 Å². The molecule has 0 fully saturated rings. The van der Waals surface area contributed by atoms with Crippen molar-refractivity contribution in [2.75, 3.05) is 13.2 Å². The van der Waals surface area contributed by atoms with Crippen LogP contribution in [0.5, 0.6) is 5.75 Å². The van der Waals surface area contributed by atoms with Gasteiger partial charge in [-0.15, -0.1) is 0 Å². The van der Waals surface area contributed by atoms with Gasteiger partial charge in [-0.3, -0.25) is 9.78 Å². The standard InChI is InChI=1S/C18H18N2O2/c21-18(20-10-7-15-2-1-9-19-13-15)6-4-14-3-5-17-16(12-14)8-11-22-17/h1-6,9,12-13H,7-8,10-11H2,(H,20,21). The number of nitrogens with zero attached hydrogens (tertiary/aromatic N) is 1. The fraction of sp³-hybridized carbons (Fsp3) is 0.222. The summed E-state index contributed by atoms with van der Waals surface area (Å²) in [7, 11) is 0. The summed E-state index contributed by atoms with van der Waals surface area (Å²) in [6.45, 7) is 1.35. The van der Waals surface area contributed by atoms with Crippen LogP contribution in [0.15, 0.2) is 48.8 Å². The first kappa shape index (κ1) is 14.3. The Hall–Kier alpha value is -2.62. The van der Waals surface area contributed by atoms with E-state index in [1.807, 2.05) is 36.5 Å². The van der Waals surface area contributed by atoms with Gasteiger partial charge in [-0.25, -0.2) is 0 Å². The van der Waals surface area contributed by atoms with Crippen LogP contribution in [0.4, 0.5) is 0 Å². The van der Waals surface area contributed by atoms with E-state index in [1.54, 1.807) is 12.3 Å². The van der Waals surface area contributed by atoms with Crippen LogP contribution in [-0.4, -0.2) is 24.0 Å². The summed E-state index contributed by atoms with van der Waals surface area (Å²) in [5.41, 5.74) is 3.34. The lowest BCUT2D eigenvalue weighted by molar-refractivity contribution is -0.116. The number of carbonyl (C=O) groups excluding carboxylic acids is 1. The largest absolute Gasteiger partial charge is 0.493 e. The third-order valence-corrected chi connectivity index (χ3v) is 3.58. The molecule has 4 nitrogen and oxygen atoms in total. The fourth-order valence-corrected chi connectivity index (χ4v) is 2.42. The topological polar surface area (TPSA) is 51.2 Å². The van der Waals surface area contributed by atoms with Gasteiger partial charge in [0.2, 0.25) is 5.91 Å². The van der Waals surface area contributed by atoms with E-state index >= 15 is 0 Å². The summed E-state index contributed by atoms with van der Waals surface area (Å²) in [5.74, 6) is 0.874. The zero-order valence-corrected chi connectivity index (χ0v) is 12.3. The van der Waals surface area contributed by atoms with E-state index in [0.717, 1.165) is 36.3 Å². The molecule has 1 N–H and O–H groups in total. The van der Waals surface area contributed by atoms with Gasteiger partial charge in [0, 0.05) is 31.4 Å². The number of ether oxygens (including phenoxy) is 1. The Morgan fingerprint density at radius 2 is 2.32 bits per heavy atom. The quantitative estimate of drug-likeness (QED) is 0.861. The molecule has 1 aliphatic rings. The Morgan fingerprint density at radius 3 is 3.18 bits per heavy atom. The average molecular weight is 294 g/mol. The maximum Gasteiger partial charge on any atom is 0.244 e. The molecule has 1 amide bonds. The number of aromatic nitrogens is 1. The molecule has 0 saturated carbocycles. The molecule has 22 heavy (non-hydrogen) atoms. The Morgan fingerprint density at radius 1 is 1.36 bits per heavy atom. The third-order valence-electron chi connectivity index (χ3n) is 3.58. The Kier molecular flexibility index (Phi) is 4.49. The first-order valence-electron chi connectivity index (χ1n) is 7.42. The minimum atomic E-state index is -0.0827. The first-order chi connectivity index (χ1) is 10.8. The van der Waals surface area contributed by atoms with Crippen molar-refractivity contribution in [3.8, 4) is 5.75 Å². The summed E-state index contributed by atoms with van der Waals surface area (Å²) >= 11 is 0. The van der Waals surface area contributed by atoms with Gasteiger partial charge in [0.05, 0.1) is 6.61 Å². The lowest BCUT2D eigenvalue weighted by Crippen LogP contribution is -2.23. The van der Waals surface area contributed by atoms with Crippen molar-refractivity contribution in [2.24, 2.45) is 0 Å². The van der Waals surface area contributed by atoms with Gasteiger partial charge in [0.25, 0.3) is 0 Å². The van der Waals surface area contributed by atoms with Gasteiger partial charge in [0.15, 0.2) is 0 Å². The molecular formula is C18H18N2O2. The van der Waals surface area contributed by atoms with Crippen LogP contribution >= 0.6 is 0 Å². The lowest BCUT2D eigenvalue weighted by Gasteiger charge is -2.02. The van der Waals surface area contributed by atoms with Crippen LogP contribution in [0.1, 0.15) is 16.7 Å². The third kappa shape index (κ3) is 3.73. The van der Waals surface area contributed by atoms with Gasteiger partial charge < -0.3 is 10.1 Å². The van der Waals surface area contributed by atoms with Crippen LogP contribution in [0.2, 0.25) is 0 Å². The van der Waals surface area contributed by atoms with Crippen molar-refractivity contribution < 1.29 is 9.53 Å². The number of hydrogen-bond acceptors (Lipinski definition) is 3. The van der Waals surface area contributed by atoms with E-state index in [-0.39, 0.29) is 5.91 Å². The van der Waals surface area contributed by atoms with Gasteiger partial charge in [-0.2, -0.15) is 0 Å². The molecule has 0 saturated heterocycles. The van der Waals surface area contributed by atoms with E-state index < -0.39 is 0 Å². The summed E-state index contributed by atoms with van der Waals surface area (Å²) in [6, 6.07) is 9.89. The second kappa shape index (κ2) is 6.89. The Balaban J connectivity index is 1.49. The highest BCUT2D eigenvalue weighted by Crippen LogP contribution is 2.26. The molecule has 0 unspecified atom stereocenters. The molecule has 0 aliphatic carbocycles. The molecular weight excluding hydrogens is 276 g/mol. The maximum atomic E-state index is 11.8. The summed E-state index contributed by atoms with van der Waals surface area (Å²) in [4.78, 5) is 15.9. The number of benzene rings is 1. The molecule has 2 aromatic rings. The predicted molar refractivity (Wildman–Crippen MR) is 85.6 cm³/mol. The highest BCUT2D eigenvalue weighted by Gasteiger charge is 2.11. The molecule has 1 aromatic carbocycles. The van der Waals surface area contributed by atoms with E-state index in [4.69, 9.17) is 4.74 Å². The normalized spacial score (nSPS) is 12.9. The van der Waals surface area contributed by atoms with E-state index in [9.17, 15) is 4.79 Å². The molecule has 1 aromatic heterocycles. The zero-order valence-electron chi connectivity index (χ0n) is 12.3. The van der Waals surface area contributed by atoms with E-state index in [2.05, 4.69) is 16.4 Å². The minimum Gasteiger partial charge on any atom is -0.493 e. The highest BCUT2D eigenvalue weighted by molar-refractivity contribution is 5.91. The van der Waals surface area contributed by atoms with Crippen LogP contribution in [-0.2, 0) is 17.6 Å². The van der Waals surface area contributed by atoms with E-state index in [0.29, 0.717) is 6.54 Å². The summed E-state index contributed by atoms with van der Waals surface area (Å²) in [5, 5.41) is 2.88. The summed E-state index contributed by atoms with van der Waals surface area (Å²) < 4.78 is 5.47. The van der Waals surface area contributed by atoms with Gasteiger partial charge in [0.1, 0.15) is 5.75 Å². The fourth-order valence-electron chi connectivity index (χ4n) is 2.42. The van der Waals surface area contributed by atoms with Crippen LogP contribution in [0.25, 0.3) is 6.08 Å². The van der Waals surface area contributed by atoms with Gasteiger partial charge in [-0.1, -0.05) is 12.1 Å². The number of hydrogen-bond donors (Lipinski definition) is 1. The van der Waals surface area contributed by atoms with Crippen LogP contribution in [0.3, 0.4) is 0 Å². The second-order valence-electron chi connectivity index (χ2n) is 5.20. The molecule has 112 valence electrons. The minimum absolute atomic E-state index is 0.0827. The molecule has 0 spiro atoms. The average Bonchev–Trinajstić information content (AvgIpc) is 3.01. The number of rotatable bonds is 5. The van der Waals surface area contributed by atoms with Crippen molar-refractivity contribution in [3.05, 3.63) is 65.5 Å². The number of nitrogens with one attached hydrogen (secondary N) is 1. The predicted octanol–water partition coefficient (Wildman–Crippen LogP) is 2.39. The maximum absolute atomic E-state index is 11.8. The van der Waals surface area contributed by atoms with Crippen LogP contribution < -0.4 is 10.1 Å². The SMILES string of the molecule is O=C(C=Cc1ccc2c(c1)CCO2)NCCc1cccnc1. The van der Waals surface area contributed by atoms with E-state index in [1.165, 1.54) is 5.56 Å². The monoisotopic (exact) mass is 294 g/mol. The zero-order chi connectivity index (χ0) is 15.2. The highest BCUT2D eigenvalue weighted by atomic mass is 16.5. The van der Waals surface area contributed by atoms with Crippen molar-refractivity contribution in [1.29, 1.82) is 0 Å². The number of carbonyl (C=O) groups is 1. The second-order valence-corrected chi connectivity index (χ2v) is 5.20. The van der Waals surface area contributed by atoms with Crippen molar-refractivity contribution >= 4 is 12.0 Å². The van der Waals surface area contributed by atoms with Crippen molar-refractivity contribution in [2.45, 2.75) is 12.8 Å². The molecule has 1 aliphatic heterocycles. The molecule has 0 atom stereocenters. The number of pyridine rings is 1. The molecule has 3 rings (SSSR count). The van der Waals surface area contributed by atoms with Gasteiger partial charge >= 0.3 is 0 Å².